The topological polar surface area (TPSA) is 81.2 Å². The zero-order valence-electron chi connectivity index (χ0n) is 12.3. The largest absolute Gasteiger partial charge is 0.424 e. The van der Waals surface area contributed by atoms with Crippen LogP contribution in [0.2, 0.25) is 0 Å². The molecule has 1 heterocycles. The van der Waals surface area contributed by atoms with Crippen molar-refractivity contribution in [2.45, 2.75) is 45.4 Å². The van der Waals surface area contributed by atoms with E-state index < -0.39 is 4.92 Å². The molecule has 114 valence electrons. The standard InChI is InChI=1S/C15H21N3O3/c1-2-3-4-5-6-7-10-16-15-17-13-11-12(18(19)20)8-9-14(13)21-15/h8-9,11H,2-7,10H2,1H3,(H,16,17). The summed E-state index contributed by atoms with van der Waals surface area (Å²) in [5, 5.41) is 13.8. The molecule has 0 atom stereocenters. The molecule has 0 saturated heterocycles. The maximum Gasteiger partial charge on any atom is 0.295 e. The summed E-state index contributed by atoms with van der Waals surface area (Å²) in [5.74, 6) is 0. The number of hydrogen-bond donors (Lipinski definition) is 1. The predicted molar refractivity (Wildman–Crippen MR) is 82.5 cm³/mol. The van der Waals surface area contributed by atoms with Gasteiger partial charge in [0.05, 0.1) is 4.92 Å². The van der Waals surface area contributed by atoms with Crippen molar-refractivity contribution < 1.29 is 9.34 Å². The molecule has 0 fully saturated rings. The molecule has 2 rings (SSSR count). The zero-order valence-corrected chi connectivity index (χ0v) is 12.3. The first-order valence-corrected chi connectivity index (χ1v) is 7.49. The average Bonchev–Trinajstić information content (AvgIpc) is 2.88. The number of oxazole rings is 1. The van der Waals surface area contributed by atoms with Crippen LogP contribution in [0.25, 0.3) is 11.1 Å². The van der Waals surface area contributed by atoms with Crippen molar-refractivity contribution in [3.8, 4) is 0 Å². The van der Waals surface area contributed by atoms with Crippen LogP contribution in [0.5, 0.6) is 0 Å². The number of unbranched alkanes of at least 4 members (excludes halogenated alkanes) is 5. The predicted octanol–water partition coefficient (Wildman–Crippen LogP) is 4.51. The molecule has 6 heteroatoms. The van der Waals surface area contributed by atoms with Gasteiger partial charge in [0, 0.05) is 18.7 Å². The van der Waals surface area contributed by atoms with E-state index in [1.54, 1.807) is 6.07 Å². The highest BCUT2D eigenvalue weighted by molar-refractivity contribution is 5.77. The first kappa shape index (κ1) is 15.3. The monoisotopic (exact) mass is 291 g/mol. The van der Waals surface area contributed by atoms with Crippen molar-refractivity contribution in [3.05, 3.63) is 28.3 Å². The van der Waals surface area contributed by atoms with Gasteiger partial charge >= 0.3 is 0 Å². The second kappa shape index (κ2) is 7.61. The zero-order chi connectivity index (χ0) is 15.1. The highest BCUT2D eigenvalue weighted by atomic mass is 16.6. The van der Waals surface area contributed by atoms with Crippen molar-refractivity contribution in [1.29, 1.82) is 0 Å². The Morgan fingerprint density at radius 3 is 2.76 bits per heavy atom. The lowest BCUT2D eigenvalue weighted by Gasteiger charge is -2.01. The Kier molecular flexibility index (Phi) is 5.54. The molecule has 0 saturated carbocycles. The number of fused-ring (bicyclic) bond motifs is 1. The molecule has 0 amide bonds. The molecule has 0 aliphatic carbocycles. The van der Waals surface area contributed by atoms with Crippen LogP contribution < -0.4 is 5.32 Å². The van der Waals surface area contributed by atoms with E-state index >= 15 is 0 Å². The van der Waals surface area contributed by atoms with Crippen LogP contribution in [0.4, 0.5) is 11.7 Å². The number of nitrogens with zero attached hydrogens (tertiary/aromatic N) is 2. The molecule has 0 aliphatic heterocycles. The SMILES string of the molecule is CCCCCCCCNc1nc2cc([N+](=O)[O-])ccc2o1. The van der Waals surface area contributed by atoms with E-state index in [0.29, 0.717) is 17.1 Å². The molecule has 0 spiro atoms. The van der Waals surface area contributed by atoms with Gasteiger partial charge in [0.2, 0.25) is 0 Å². The Balaban J connectivity index is 1.81. The third-order valence-corrected chi connectivity index (χ3v) is 3.39. The molecule has 6 nitrogen and oxygen atoms in total. The number of aromatic nitrogens is 1. The first-order valence-electron chi connectivity index (χ1n) is 7.49. The number of rotatable bonds is 9. The van der Waals surface area contributed by atoms with Crippen molar-refractivity contribution in [2.24, 2.45) is 0 Å². The van der Waals surface area contributed by atoms with E-state index in [1.807, 2.05) is 0 Å². The molecule has 2 aromatic rings. The van der Waals surface area contributed by atoms with E-state index in [2.05, 4.69) is 17.2 Å². The lowest BCUT2D eigenvalue weighted by Crippen LogP contribution is -2.01. The molecule has 1 N–H and O–H groups in total. The molecule has 21 heavy (non-hydrogen) atoms. The Morgan fingerprint density at radius 1 is 1.24 bits per heavy atom. The quantitative estimate of drug-likeness (QED) is 0.417. The minimum absolute atomic E-state index is 0.0262. The van der Waals surface area contributed by atoms with E-state index in [4.69, 9.17) is 4.42 Å². The number of non-ortho nitro benzene ring substituents is 1. The summed E-state index contributed by atoms with van der Waals surface area (Å²) in [7, 11) is 0. The summed E-state index contributed by atoms with van der Waals surface area (Å²) in [5.41, 5.74) is 1.10. The number of nitro benzene ring substituents is 1. The summed E-state index contributed by atoms with van der Waals surface area (Å²) in [6.07, 6.45) is 7.38. The van der Waals surface area contributed by atoms with Gasteiger partial charge in [0.1, 0.15) is 5.52 Å². The molecule has 0 aliphatic rings. The smallest absolute Gasteiger partial charge is 0.295 e. The van der Waals surface area contributed by atoms with Gasteiger partial charge in [-0.05, 0) is 12.5 Å². The normalized spacial score (nSPS) is 10.9. The fraction of sp³-hybridized carbons (Fsp3) is 0.533. The van der Waals surface area contributed by atoms with E-state index in [0.717, 1.165) is 13.0 Å². The van der Waals surface area contributed by atoms with Gasteiger partial charge < -0.3 is 9.73 Å². The fourth-order valence-electron chi connectivity index (χ4n) is 2.21. The van der Waals surface area contributed by atoms with Gasteiger partial charge in [-0.25, -0.2) is 0 Å². The summed E-state index contributed by atoms with van der Waals surface area (Å²) >= 11 is 0. The lowest BCUT2D eigenvalue weighted by atomic mass is 10.1. The van der Waals surface area contributed by atoms with Crippen LogP contribution in [-0.4, -0.2) is 16.5 Å². The van der Waals surface area contributed by atoms with Crippen LogP contribution in [0.15, 0.2) is 22.6 Å². The highest BCUT2D eigenvalue weighted by Crippen LogP contribution is 2.23. The summed E-state index contributed by atoms with van der Waals surface area (Å²) in [4.78, 5) is 14.5. The number of nitrogens with one attached hydrogen (secondary N) is 1. The average molecular weight is 291 g/mol. The molecule has 0 radical (unpaired) electrons. The molecule has 0 bridgehead atoms. The van der Waals surface area contributed by atoms with Crippen LogP contribution in [-0.2, 0) is 0 Å². The third-order valence-electron chi connectivity index (χ3n) is 3.39. The van der Waals surface area contributed by atoms with Crippen LogP contribution in [0, 0.1) is 10.1 Å². The summed E-state index contributed by atoms with van der Waals surface area (Å²) < 4.78 is 5.50. The number of anilines is 1. The van der Waals surface area contributed by atoms with Gasteiger partial charge in [-0.2, -0.15) is 4.98 Å². The van der Waals surface area contributed by atoms with Gasteiger partial charge in [-0.15, -0.1) is 0 Å². The molecule has 1 aromatic carbocycles. The van der Waals surface area contributed by atoms with Crippen LogP contribution in [0.1, 0.15) is 45.4 Å². The third kappa shape index (κ3) is 4.44. The summed E-state index contributed by atoms with van der Waals surface area (Å²) in [6, 6.07) is 4.86. The lowest BCUT2D eigenvalue weighted by molar-refractivity contribution is -0.384. The van der Waals surface area contributed by atoms with Crippen molar-refractivity contribution in [2.75, 3.05) is 11.9 Å². The van der Waals surface area contributed by atoms with E-state index in [9.17, 15) is 10.1 Å². The maximum absolute atomic E-state index is 10.7. The van der Waals surface area contributed by atoms with Gasteiger partial charge in [0.15, 0.2) is 5.58 Å². The second-order valence-corrected chi connectivity index (χ2v) is 5.12. The maximum atomic E-state index is 10.7. The summed E-state index contributed by atoms with van der Waals surface area (Å²) in [6.45, 7) is 3.01. The molecule has 0 unspecified atom stereocenters. The van der Waals surface area contributed by atoms with Crippen LogP contribution >= 0.6 is 0 Å². The van der Waals surface area contributed by atoms with Crippen LogP contribution in [0.3, 0.4) is 0 Å². The Hall–Kier alpha value is -2.11. The second-order valence-electron chi connectivity index (χ2n) is 5.12. The van der Waals surface area contributed by atoms with Gasteiger partial charge in [-0.1, -0.05) is 39.0 Å². The molecular weight excluding hydrogens is 270 g/mol. The molecule has 1 aromatic heterocycles. The van der Waals surface area contributed by atoms with Crippen molar-refractivity contribution in [3.63, 3.8) is 0 Å². The van der Waals surface area contributed by atoms with Gasteiger partial charge in [-0.3, -0.25) is 10.1 Å². The number of benzene rings is 1. The molecular formula is C15H21N3O3. The number of hydrogen-bond acceptors (Lipinski definition) is 5. The van der Waals surface area contributed by atoms with Crippen molar-refractivity contribution >= 4 is 22.8 Å². The van der Waals surface area contributed by atoms with Crippen molar-refractivity contribution in [1.82, 2.24) is 4.98 Å². The Labute approximate surface area is 123 Å². The van der Waals surface area contributed by atoms with E-state index in [-0.39, 0.29) is 5.69 Å². The van der Waals surface area contributed by atoms with Gasteiger partial charge in [0.25, 0.3) is 11.7 Å². The minimum Gasteiger partial charge on any atom is -0.424 e. The Morgan fingerprint density at radius 2 is 2.00 bits per heavy atom. The first-order chi connectivity index (χ1) is 10.2. The Bertz CT molecular complexity index is 595. The van der Waals surface area contributed by atoms with E-state index in [1.165, 1.54) is 44.2 Å². The highest BCUT2D eigenvalue weighted by Gasteiger charge is 2.11. The minimum atomic E-state index is -0.433. The fourth-order valence-corrected chi connectivity index (χ4v) is 2.21. The number of nitro groups is 1.